The predicted molar refractivity (Wildman–Crippen MR) is 83.7 cm³/mol. The van der Waals surface area contributed by atoms with Gasteiger partial charge in [0, 0.05) is 16.2 Å². The molecule has 1 heterocycles. The molecule has 0 spiro atoms. The van der Waals surface area contributed by atoms with Gasteiger partial charge in [-0.2, -0.15) is 12.6 Å². The first kappa shape index (κ1) is 13.6. The third-order valence-electron chi connectivity index (χ3n) is 3.03. The van der Waals surface area contributed by atoms with Gasteiger partial charge >= 0.3 is 0 Å². The van der Waals surface area contributed by atoms with Crippen molar-refractivity contribution >= 4 is 24.0 Å². The number of benzene rings is 1. The Labute approximate surface area is 119 Å². The van der Waals surface area contributed by atoms with Crippen LogP contribution in [0.25, 0.3) is 10.6 Å². The molecule has 0 bridgehead atoms. The Hall–Kier alpha value is -0.800. The Morgan fingerprint density at radius 3 is 2.33 bits per heavy atom. The van der Waals surface area contributed by atoms with Crippen molar-refractivity contribution in [1.29, 1.82) is 0 Å². The summed E-state index contributed by atoms with van der Waals surface area (Å²) < 4.78 is 0. The van der Waals surface area contributed by atoms with Gasteiger partial charge in [0.05, 0.1) is 5.69 Å². The summed E-state index contributed by atoms with van der Waals surface area (Å²) in [5, 5.41) is 1.12. The molecule has 0 fully saturated rings. The van der Waals surface area contributed by atoms with Crippen LogP contribution in [-0.4, -0.2) is 4.98 Å². The Bertz CT molecular complexity index is 512. The van der Waals surface area contributed by atoms with E-state index >= 15 is 0 Å². The molecule has 2 aromatic rings. The minimum atomic E-state index is 0.465. The third-order valence-corrected chi connectivity index (χ3v) is 4.68. The second-order valence-corrected chi connectivity index (χ2v) is 6.09. The molecule has 0 saturated carbocycles. The number of aromatic nitrogens is 1. The van der Waals surface area contributed by atoms with Crippen LogP contribution in [-0.2, 0) is 12.2 Å². The van der Waals surface area contributed by atoms with Crippen LogP contribution in [0, 0.1) is 0 Å². The van der Waals surface area contributed by atoms with Gasteiger partial charge in [0.15, 0.2) is 0 Å². The van der Waals surface area contributed by atoms with Crippen LogP contribution in [0.4, 0.5) is 0 Å². The average molecular weight is 277 g/mol. The fraction of sp³-hybridized carbons (Fsp3) is 0.400. The van der Waals surface area contributed by atoms with Crippen molar-refractivity contribution in [3.05, 3.63) is 40.4 Å². The van der Waals surface area contributed by atoms with Crippen molar-refractivity contribution in [1.82, 2.24) is 4.98 Å². The Balaban J connectivity index is 2.37. The standard InChI is InChI=1S/C15H19NS2/c1-4-11-5-7-12(8-6-11)15-16-14(10(2)3)13(9-17)18-15/h5-8,10,17H,4,9H2,1-3H3. The summed E-state index contributed by atoms with van der Waals surface area (Å²) in [5.74, 6) is 1.24. The van der Waals surface area contributed by atoms with E-state index < -0.39 is 0 Å². The van der Waals surface area contributed by atoms with Crippen molar-refractivity contribution < 1.29 is 0 Å². The highest BCUT2D eigenvalue weighted by molar-refractivity contribution is 7.79. The Morgan fingerprint density at radius 1 is 1.22 bits per heavy atom. The molecular formula is C15H19NS2. The fourth-order valence-electron chi connectivity index (χ4n) is 1.93. The summed E-state index contributed by atoms with van der Waals surface area (Å²) in [6.07, 6.45) is 1.08. The van der Waals surface area contributed by atoms with E-state index in [-0.39, 0.29) is 0 Å². The van der Waals surface area contributed by atoms with Gasteiger partial charge < -0.3 is 0 Å². The van der Waals surface area contributed by atoms with Crippen molar-refractivity contribution in [2.24, 2.45) is 0 Å². The van der Waals surface area contributed by atoms with Gasteiger partial charge in [-0.15, -0.1) is 11.3 Å². The minimum Gasteiger partial charge on any atom is -0.241 e. The lowest BCUT2D eigenvalue weighted by Gasteiger charge is -2.01. The molecule has 1 aromatic carbocycles. The summed E-state index contributed by atoms with van der Waals surface area (Å²) >= 11 is 6.17. The molecule has 0 amide bonds. The maximum atomic E-state index is 4.78. The van der Waals surface area contributed by atoms with Gasteiger partial charge in [0.2, 0.25) is 0 Å². The first-order chi connectivity index (χ1) is 8.65. The smallest absolute Gasteiger partial charge is 0.123 e. The summed E-state index contributed by atoms with van der Waals surface area (Å²) in [6, 6.07) is 8.71. The SMILES string of the molecule is CCc1ccc(-c2nc(C(C)C)c(CS)s2)cc1. The molecule has 0 aliphatic rings. The topological polar surface area (TPSA) is 12.9 Å². The lowest BCUT2D eigenvalue weighted by molar-refractivity contribution is 0.825. The van der Waals surface area contributed by atoms with Gasteiger partial charge in [-0.25, -0.2) is 4.98 Å². The van der Waals surface area contributed by atoms with Crippen LogP contribution >= 0.6 is 24.0 Å². The normalized spacial score (nSPS) is 11.2. The average Bonchev–Trinajstić information content (AvgIpc) is 2.83. The van der Waals surface area contributed by atoms with Crippen LogP contribution in [0.5, 0.6) is 0 Å². The summed E-state index contributed by atoms with van der Waals surface area (Å²) in [4.78, 5) is 6.07. The van der Waals surface area contributed by atoms with E-state index in [2.05, 4.69) is 57.7 Å². The number of nitrogens with zero attached hydrogens (tertiary/aromatic N) is 1. The zero-order chi connectivity index (χ0) is 13.1. The van der Waals surface area contributed by atoms with Gasteiger partial charge in [0.25, 0.3) is 0 Å². The fourth-order valence-corrected chi connectivity index (χ4v) is 3.37. The van der Waals surface area contributed by atoms with Crippen molar-refractivity contribution in [3.8, 4) is 10.6 Å². The summed E-state index contributed by atoms with van der Waals surface area (Å²) in [7, 11) is 0. The molecule has 96 valence electrons. The van der Waals surface area contributed by atoms with E-state index in [1.54, 1.807) is 11.3 Å². The van der Waals surface area contributed by atoms with Crippen molar-refractivity contribution in [2.75, 3.05) is 0 Å². The lowest BCUT2D eigenvalue weighted by Crippen LogP contribution is -1.91. The second-order valence-electron chi connectivity index (χ2n) is 4.69. The molecule has 18 heavy (non-hydrogen) atoms. The molecule has 3 heteroatoms. The first-order valence-corrected chi connectivity index (χ1v) is 7.80. The van der Waals surface area contributed by atoms with Crippen LogP contribution in [0.15, 0.2) is 24.3 Å². The molecule has 1 aromatic heterocycles. The lowest BCUT2D eigenvalue weighted by atomic mass is 10.1. The van der Waals surface area contributed by atoms with E-state index in [4.69, 9.17) is 4.98 Å². The molecule has 1 nitrogen and oxygen atoms in total. The van der Waals surface area contributed by atoms with Gasteiger partial charge in [-0.3, -0.25) is 0 Å². The zero-order valence-corrected chi connectivity index (χ0v) is 12.8. The number of rotatable bonds is 4. The highest BCUT2D eigenvalue weighted by atomic mass is 32.1. The summed E-state index contributed by atoms with van der Waals surface area (Å²) in [6.45, 7) is 6.55. The molecule has 0 unspecified atom stereocenters. The van der Waals surface area contributed by atoms with E-state index in [0.29, 0.717) is 5.92 Å². The minimum absolute atomic E-state index is 0.465. The van der Waals surface area contributed by atoms with Crippen LogP contribution < -0.4 is 0 Å². The van der Waals surface area contributed by atoms with Crippen LogP contribution in [0.2, 0.25) is 0 Å². The van der Waals surface area contributed by atoms with Crippen molar-refractivity contribution in [2.45, 2.75) is 38.9 Å². The van der Waals surface area contributed by atoms with Crippen LogP contribution in [0.1, 0.15) is 42.8 Å². The number of thiol groups is 1. The zero-order valence-electron chi connectivity index (χ0n) is 11.1. The van der Waals surface area contributed by atoms with E-state index in [0.717, 1.165) is 17.2 Å². The van der Waals surface area contributed by atoms with Crippen LogP contribution in [0.3, 0.4) is 0 Å². The first-order valence-electron chi connectivity index (χ1n) is 6.35. The molecule has 0 aliphatic carbocycles. The van der Waals surface area contributed by atoms with E-state index in [1.807, 2.05) is 0 Å². The van der Waals surface area contributed by atoms with Gasteiger partial charge in [-0.1, -0.05) is 45.0 Å². The van der Waals surface area contributed by atoms with Gasteiger partial charge in [0.1, 0.15) is 5.01 Å². The number of hydrogen-bond donors (Lipinski definition) is 1. The second kappa shape index (κ2) is 5.89. The molecule has 0 aliphatic heterocycles. The Kier molecular flexibility index (Phi) is 4.46. The van der Waals surface area contributed by atoms with Crippen molar-refractivity contribution in [3.63, 3.8) is 0 Å². The molecular weight excluding hydrogens is 258 g/mol. The predicted octanol–water partition coefficient (Wildman–Crippen LogP) is 4.93. The summed E-state index contributed by atoms with van der Waals surface area (Å²) in [5.41, 5.74) is 3.78. The van der Waals surface area contributed by atoms with Gasteiger partial charge in [-0.05, 0) is 17.9 Å². The molecule has 0 atom stereocenters. The number of hydrogen-bond acceptors (Lipinski definition) is 3. The maximum absolute atomic E-state index is 4.78. The quantitative estimate of drug-likeness (QED) is 0.782. The molecule has 0 N–H and O–H groups in total. The largest absolute Gasteiger partial charge is 0.241 e. The third kappa shape index (κ3) is 2.78. The molecule has 0 radical (unpaired) electrons. The maximum Gasteiger partial charge on any atom is 0.123 e. The highest BCUT2D eigenvalue weighted by Crippen LogP contribution is 2.32. The monoisotopic (exact) mass is 277 g/mol. The molecule has 2 rings (SSSR count). The number of aryl methyl sites for hydroxylation is 1. The highest BCUT2D eigenvalue weighted by Gasteiger charge is 2.14. The van der Waals surface area contributed by atoms with E-state index in [1.165, 1.54) is 21.7 Å². The Morgan fingerprint density at radius 2 is 1.89 bits per heavy atom. The molecule has 0 saturated heterocycles. The number of thiazole rings is 1. The van der Waals surface area contributed by atoms with E-state index in [9.17, 15) is 0 Å².